The average Bonchev–Trinajstić information content (AvgIpc) is 2.04. The molecule has 0 aromatic carbocycles. The van der Waals surface area contributed by atoms with Crippen LogP contribution in [0.5, 0.6) is 0 Å². The largest absolute Gasteiger partial charge is 0.423 e. The van der Waals surface area contributed by atoms with E-state index in [0.29, 0.717) is 0 Å². The number of amides is 4. The minimum Gasteiger partial charge on any atom is -0.412 e. The first-order valence-electron chi connectivity index (χ1n) is 2.65. The third kappa shape index (κ3) is 384. The molecule has 0 aliphatic carbocycles. The van der Waals surface area contributed by atoms with Crippen molar-refractivity contribution < 1.29 is 29.5 Å². The van der Waals surface area contributed by atoms with E-state index in [1.165, 1.54) is 0 Å². The number of primary amides is 4. The fraction of sp³-hybridized carbons (Fsp3) is 0. The van der Waals surface area contributed by atoms with Crippen LogP contribution in [0.2, 0.25) is 0 Å². The first-order valence-corrected chi connectivity index (χ1v) is 2.65. The number of rotatable bonds is 0. The summed E-state index contributed by atoms with van der Waals surface area (Å²) >= 11 is 0. The molecule has 15 heavy (non-hydrogen) atoms. The van der Waals surface area contributed by atoms with Crippen LogP contribution in [0, 0.1) is 0 Å². The second-order valence-corrected chi connectivity index (χ2v) is 1.28. The minimum absolute atomic E-state index is 0. The Hall–Kier alpha value is -2.31. The molecule has 4 amide bonds. The first-order chi connectivity index (χ1) is 6.27. The van der Waals surface area contributed by atoms with Crippen LogP contribution in [0.25, 0.3) is 0 Å². The number of urea groups is 1. The highest BCUT2D eigenvalue weighted by Crippen LogP contribution is 1.49. The van der Waals surface area contributed by atoms with Crippen molar-refractivity contribution in [2.24, 2.45) is 34.7 Å². The van der Waals surface area contributed by atoms with E-state index in [4.69, 9.17) is 4.79 Å². The zero-order valence-corrected chi connectivity index (χ0v) is 7.51. The van der Waals surface area contributed by atoms with Gasteiger partial charge in [-0.2, -0.15) is 11.8 Å². The van der Waals surface area contributed by atoms with Crippen LogP contribution in [0.4, 0.5) is 14.4 Å². The van der Waals surface area contributed by atoms with E-state index < -0.39 is 18.2 Å². The lowest BCUT2D eigenvalue weighted by Crippen LogP contribution is -2.18. The van der Waals surface area contributed by atoms with Gasteiger partial charge >= 0.3 is 18.2 Å². The van der Waals surface area contributed by atoms with Crippen LogP contribution in [-0.2, 0) is 9.68 Å². The van der Waals surface area contributed by atoms with Crippen LogP contribution in [-0.4, -0.2) is 23.7 Å². The Morgan fingerprint density at radius 3 is 0.800 bits per heavy atom. The lowest BCUT2D eigenvalue weighted by molar-refractivity contribution is 0.158. The Morgan fingerprint density at radius 2 is 0.800 bits per heavy atom. The van der Waals surface area contributed by atoms with Crippen molar-refractivity contribution in [3.63, 3.8) is 0 Å². The van der Waals surface area contributed by atoms with Crippen LogP contribution in [0.1, 0.15) is 0 Å². The first kappa shape index (κ1) is 23.0. The Kier molecular flexibility index (Phi) is 27.1. The Bertz CT molecular complexity index is 166. The quantitative estimate of drug-likeness (QED) is 0.225. The molecule has 0 radical (unpaired) electrons. The van der Waals surface area contributed by atoms with Gasteiger partial charge in [-0.25, -0.2) is 14.4 Å². The molecule has 0 aliphatic heterocycles. The Labute approximate surface area is 83.6 Å². The number of carbonyl (C=O) groups excluding carboxylic acids is 3. The maximum Gasteiger partial charge on any atom is 0.423 e. The molecule has 12 heteroatoms. The molecule has 0 aromatic rings. The van der Waals surface area contributed by atoms with Gasteiger partial charge in [0.25, 0.3) is 0 Å². The summed E-state index contributed by atoms with van der Waals surface area (Å²) in [6, 6.07) is -0.833. The summed E-state index contributed by atoms with van der Waals surface area (Å²) in [7, 11) is 0. The molecule has 0 spiro atoms. The highest BCUT2D eigenvalue weighted by molar-refractivity contribution is 5.69. The molecule has 0 bridgehead atoms. The van der Waals surface area contributed by atoms with Crippen LogP contribution < -0.4 is 34.7 Å². The topological polar surface area (TPSA) is 257 Å². The predicted molar refractivity (Wildman–Crippen MR) is 47.1 cm³/mol. The second-order valence-electron chi connectivity index (χ2n) is 1.28. The molecule has 12 nitrogen and oxygen atoms in total. The van der Waals surface area contributed by atoms with Crippen molar-refractivity contribution in [1.82, 2.24) is 0 Å². The molecule has 0 aromatic heterocycles. The number of nitrogens with two attached hydrogens (primary N) is 6. The maximum atomic E-state index is 9.24. The Morgan fingerprint density at radius 1 is 0.733 bits per heavy atom. The van der Waals surface area contributed by atoms with Gasteiger partial charge in [-0.3, -0.25) is 0 Å². The van der Waals surface area contributed by atoms with Gasteiger partial charge in [0, 0.05) is 0 Å². The van der Waals surface area contributed by atoms with Gasteiger partial charge in [0.2, 0.25) is 0 Å². The summed E-state index contributed by atoms with van der Waals surface area (Å²) in [5.74, 6) is 8.39. The molecule has 0 fully saturated rings. The molecule has 0 aliphatic rings. The molecular formula is C3H14N6O6. The third-order valence-corrected chi connectivity index (χ3v) is 0.232. The highest BCUT2D eigenvalue weighted by atomic mass is 16.7. The van der Waals surface area contributed by atoms with Crippen molar-refractivity contribution in [3.05, 3.63) is 0 Å². The van der Waals surface area contributed by atoms with Crippen LogP contribution in [0.3, 0.4) is 0 Å². The monoisotopic (exact) mass is 230 g/mol. The fourth-order valence-electron chi connectivity index (χ4n) is 0. The fourth-order valence-corrected chi connectivity index (χ4v) is 0. The summed E-state index contributed by atoms with van der Waals surface area (Å²) in [4.78, 5) is 34.3. The van der Waals surface area contributed by atoms with Gasteiger partial charge in [-0.05, 0) is 0 Å². The van der Waals surface area contributed by atoms with Gasteiger partial charge in [0.05, 0.1) is 0 Å². The average molecular weight is 230 g/mol. The van der Waals surface area contributed by atoms with Crippen molar-refractivity contribution in [3.8, 4) is 0 Å². The molecule has 0 rings (SSSR count). The van der Waals surface area contributed by atoms with Crippen molar-refractivity contribution in [2.45, 2.75) is 0 Å². The van der Waals surface area contributed by atoms with Gasteiger partial charge in [-0.15, -0.1) is 0 Å². The standard InChI is InChI=1S/2CH4N2O2.CH4N2O.H2O/c2*2-1(4)5-3;2-1(3)4;/h2*3H2,(H2,2,4);(H4,2,3,4);1H2. The van der Waals surface area contributed by atoms with E-state index >= 15 is 0 Å². The molecule has 0 saturated carbocycles. The number of hydrogen-bond acceptors (Lipinski definition) is 7. The number of hydrogen-bond donors (Lipinski definition) is 6. The zero-order valence-electron chi connectivity index (χ0n) is 7.51. The van der Waals surface area contributed by atoms with E-state index in [9.17, 15) is 9.59 Å². The van der Waals surface area contributed by atoms with E-state index in [2.05, 4.69) is 44.4 Å². The second kappa shape index (κ2) is 17.7. The number of carbonyl (C=O) groups is 3. The van der Waals surface area contributed by atoms with E-state index in [1.54, 1.807) is 0 Å². The summed E-state index contributed by atoms with van der Waals surface area (Å²) in [5.41, 5.74) is 17.1. The van der Waals surface area contributed by atoms with E-state index in [1.807, 2.05) is 0 Å². The molecule has 0 saturated heterocycles. The maximum absolute atomic E-state index is 9.24. The van der Waals surface area contributed by atoms with Crippen molar-refractivity contribution in [1.29, 1.82) is 0 Å². The molecule has 0 heterocycles. The predicted octanol–water partition coefficient (Wildman–Crippen LogP) is -3.89. The SMILES string of the molecule is NC(N)=O.NOC(N)=O.NOC(N)=O.O. The lowest BCUT2D eigenvalue weighted by Gasteiger charge is -1.79. The molecular weight excluding hydrogens is 216 g/mol. The van der Waals surface area contributed by atoms with Gasteiger partial charge < -0.3 is 38.1 Å². The van der Waals surface area contributed by atoms with Gasteiger partial charge in [-0.1, -0.05) is 0 Å². The molecule has 14 N–H and O–H groups in total. The molecule has 0 atom stereocenters. The van der Waals surface area contributed by atoms with Crippen LogP contribution in [0.15, 0.2) is 0 Å². The minimum atomic E-state index is -0.968. The van der Waals surface area contributed by atoms with Crippen molar-refractivity contribution in [2.75, 3.05) is 0 Å². The third-order valence-electron chi connectivity index (χ3n) is 0.232. The van der Waals surface area contributed by atoms with Gasteiger partial charge in [0.15, 0.2) is 0 Å². The van der Waals surface area contributed by atoms with E-state index in [-0.39, 0.29) is 5.48 Å². The molecule has 0 unspecified atom stereocenters. The van der Waals surface area contributed by atoms with Crippen molar-refractivity contribution >= 4 is 18.2 Å². The summed E-state index contributed by atoms with van der Waals surface area (Å²) < 4.78 is 0. The highest BCUT2D eigenvalue weighted by Gasteiger charge is 1.78. The van der Waals surface area contributed by atoms with Crippen LogP contribution >= 0.6 is 0 Å². The lowest BCUT2D eigenvalue weighted by atomic mass is 11.2. The summed E-state index contributed by atoms with van der Waals surface area (Å²) in [5, 5.41) is 0. The normalized spacial score (nSPS) is 6.00. The van der Waals surface area contributed by atoms with E-state index in [0.717, 1.165) is 0 Å². The summed E-state index contributed by atoms with van der Waals surface area (Å²) in [6.07, 6.45) is -1.94. The zero-order chi connectivity index (χ0) is 12.1. The Balaban J connectivity index is -0.0000000590. The molecule has 92 valence electrons. The van der Waals surface area contributed by atoms with Gasteiger partial charge in [0.1, 0.15) is 0 Å². The summed E-state index contributed by atoms with van der Waals surface area (Å²) in [6.45, 7) is 0. The smallest absolute Gasteiger partial charge is 0.412 e.